The molecule has 8 nitrogen and oxygen atoms in total. The van der Waals surface area contributed by atoms with E-state index in [1.165, 1.54) is 0 Å². The fraction of sp³-hybridized carbons (Fsp3) is 0.483. The molecule has 0 atom stereocenters. The first kappa shape index (κ1) is 29.5. The van der Waals surface area contributed by atoms with Crippen molar-refractivity contribution in [2.75, 3.05) is 38.0 Å². The van der Waals surface area contributed by atoms with Crippen LogP contribution in [0.2, 0.25) is 5.02 Å². The number of hydrogen-bond acceptors (Lipinski definition) is 4. The van der Waals surface area contributed by atoms with Crippen molar-refractivity contribution in [3.8, 4) is 0 Å². The summed E-state index contributed by atoms with van der Waals surface area (Å²) >= 11 is 6.38. The Morgan fingerprint density at radius 1 is 0.895 bits per heavy atom. The summed E-state index contributed by atoms with van der Waals surface area (Å²) in [6, 6.07) is 12.3. The molecule has 1 aliphatic heterocycles. The largest absolute Gasteiger partial charge is 0.347 e. The summed E-state index contributed by atoms with van der Waals surface area (Å²) in [5.74, 6) is -0.170. The first-order valence-electron chi connectivity index (χ1n) is 13.0. The number of rotatable bonds is 6. The number of nitrogens with one attached hydrogen (secondary N) is 3. The molecular weight excluding hydrogens is 502 g/mol. The lowest BCUT2D eigenvalue weighted by molar-refractivity contribution is 0.0628. The van der Waals surface area contributed by atoms with Gasteiger partial charge in [0.15, 0.2) is 0 Å². The SMILES string of the molecule is CC(C)(C)CNC(=O)Nc1ccc(C(=O)N2CCN(Cc3cccc(C(=O)NC(C)(C)C)c3)CC2)cc1Cl. The normalized spacial score (nSPS) is 14.7. The standard InChI is InChI=1S/C29H40ClN5O3/c1-28(2,3)19-31-27(38)32-24-11-10-22(17-23(24)30)26(37)35-14-12-34(13-15-35)18-20-8-7-9-21(16-20)25(36)33-29(4,5)6/h7-11,16-17H,12-15,18-19H2,1-6H3,(H,33,36)(H2,31,32,38). The lowest BCUT2D eigenvalue weighted by Crippen LogP contribution is -2.48. The number of amides is 4. The number of carbonyl (C=O) groups is 3. The van der Waals surface area contributed by atoms with Crippen molar-refractivity contribution in [1.82, 2.24) is 20.4 Å². The minimum atomic E-state index is -0.336. The van der Waals surface area contributed by atoms with Crippen LogP contribution in [-0.4, -0.2) is 65.9 Å². The van der Waals surface area contributed by atoms with Gasteiger partial charge in [-0.15, -0.1) is 0 Å². The van der Waals surface area contributed by atoms with Crippen molar-refractivity contribution in [3.63, 3.8) is 0 Å². The van der Waals surface area contributed by atoms with E-state index < -0.39 is 0 Å². The van der Waals surface area contributed by atoms with E-state index in [4.69, 9.17) is 11.6 Å². The zero-order valence-electron chi connectivity index (χ0n) is 23.3. The molecule has 206 valence electrons. The predicted octanol–water partition coefficient (Wildman–Crippen LogP) is 4.99. The highest BCUT2D eigenvalue weighted by Crippen LogP contribution is 2.24. The Kier molecular flexibility index (Phi) is 9.44. The highest BCUT2D eigenvalue weighted by Gasteiger charge is 2.23. The fourth-order valence-corrected chi connectivity index (χ4v) is 4.26. The average molecular weight is 542 g/mol. The molecule has 38 heavy (non-hydrogen) atoms. The first-order chi connectivity index (χ1) is 17.7. The van der Waals surface area contributed by atoms with E-state index in [9.17, 15) is 14.4 Å². The third-order valence-corrected chi connectivity index (χ3v) is 6.30. The molecule has 2 aromatic rings. The van der Waals surface area contributed by atoms with Crippen molar-refractivity contribution >= 4 is 35.1 Å². The van der Waals surface area contributed by atoms with Crippen molar-refractivity contribution in [2.24, 2.45) is 5.41 Å². The van der Waals surface area contributed by atoms with Gasteiger partial charge in [0.05, 0.1) is 10.7 Å². The van der Waals surface area contributed by atoms with E-state index >= 15 is 0 Å². The van der Waals surface area contributed by atoms with Gasteiger partial charge in [0, 0.05) is 55.9 Å². The summed E-state index contributed by atoms with van der Waals surface area (Å²) in [5.41, 5.74) is 2.33. The molecular formula is C29H40ClN5O3. The summed E-state index contributed by atoms with van der Waals surface area (Å²) in [6.45, 7) is 15.9. The second-order valence-corrected chi connectivity index (χ2v) is 12.4. The molecule has 2 aromatic carbocycles. The lowest BCUT2D eigenvalue weighted by Gasteiger charge is -2.35. The monoisotopic (exact) mass is 541 g/mol. The van der Waals surface area contributed by atoms with Gasteiger partial charge >= 0.3 is 6.03 Å². The van der Waals surface area contributed by atoms with Gasteiger partial charge in [-0.3, -0.25) is 14.5 Å². The number of anilines is 1. The van der Waals surface area contributed by atoms with E-state index in [-0.39, 0.29) is 28.8 Å². The molecule has 0 spiro atoms. The number of hydrogen-bond donors (Lipinski definition) is 3. The van der Waals surface area contributed by atoms with Gasteiger partial charge in [-0.05, 0) is 62.1 Å². The average Bonchev–Trinajstić information content (AvgIpc) is 2.83. The molecule has 1 fully saturated rings. The van der Waals surface area contributed by atoms with Gasteiger partial charge in [0.2, 0.25) is 0 Å². The maximum Gasteiger partial charge on any atom is 0.319 e. The molecule has 3 rings (SSSR count). The zero-order chi connectivity index (χ0) is 28.1. The number of piperazine rings is 1. The predicted molar refractivity (Wildman–Crippen MR) is 153 cm³/mol. The third kappa shape index (κ3) is 9.03. The second-order valence-electron chi connectivity index (χ2n) is 12.0. The molecule has 4 amide bonds. The highest BCUT2D eigenvalue weighted by atomic mass is 35.5. The molecule has 0 bridgehead atoms. The maximum absolute atomic E-state index is 13.1. The van der Waals surface area contributed by atoms with Crippen LogP contribution in [0.15, 0.2) is 42.5 Å². The first-order valence-corrected chi connectivity index (χ1v) is 13.4. The zero-order valence-corrected chi connectivity index (χ0v) is 24.0. The van der Waals surface area contributed by atoms with Gasteiger partial charge in [-0.25, -0.2) is 4.79 Å². The van der Waals surface area contributed by atoms with Crippen LogP contribution in [0.4, 0.5) is 10.5 Å². The van der Waals surface area contributed by atoms with E-state index in [1.807, 2.05) is 70.7 Å². The topological polar surface area (TPSA) is 93.8 Å². The van der Waals surface area contributed by atoms with Gasteiger partial charge in [0.1, 0.15) is 0 Å². The lowest BCUT2D eigenvalue weighted by atomic mass is 9.97. The van der Waals surface area contributed by atoms with Crippen LogP contribution in [0.1, 0.15) is 67.8 Å². The number of benzene rings is 2. The van der Waals surface area contributed by atoms with Crippen molar-refractivity contribution in [3.05, 3.63) is 64.2 Å². The van der Waals surface area contributed by atoms with E-state index in [0.717, 1.165) is 18.7 Å². The van der Waals surface area contributed by atoms with Gasteiger partial charge in [0.25, 0.3) is 11.8 Å². The quantitative estimate of drug-likeness (QED) is 0.480. The van der Waals surface area contributed by atoms with E-state index in [1.54, 1.807) is 18.2 Å². The third-order valence-electron chi connectivity index (χ3n) is 5.99. The van der Waals surface area contributed by atoms with Crippen LogP contribution in [0.25, 0.3) is 0 Å². The van der Waals surface area contributed by atoms with Gasteiger partial charge in [-0.2, -0.15) is 0 Å². The summed E-state index contributed by atoms with van der Waals surface area (Å²) in [6.07, 6.45) is 0. The minimum absolute atomic E-state index is 0.0337. The molecule has 0 saturated carbocycles. The molecule has 3 N–H and O–H groups in total. The Morgan fingerprint density at radius 3 is 2.18 bits per heavy atom. The number of halogens is 1. The number of carbonyl (C=O) groups excluding carboxylic acids is 3. The van der Waals surface area contributed by atoms with E-state index in [2.05, 4.69) is 20.9 Å². The van der Waals surface area contributed by atoms with Gasteiger partial charge in [-0.1, -0.05) is 44.5 Å². The molecule has 0 aliphatic carbocycles. The molecule has 1 saturated heterocycles. The Bertz CT molecular complexity index is 1160. The van der Waals surface area contributed by atoms with Crippen LogP contribution in [0.5, 0.6) is 0 Å². The van der Waals surface area contributed by atoms with Crippen LogP contribution < -0.4 is 16.0 Å². The summed E-state index contributed by atoms with van der Waals surface area (Å²) in [7, 11) is 0. The Labute approximate surface area is 231 Å². The van der Waals surface area contributed by atoms with Crippen molar-refractivity contribution < 1.29 is 14.4 Å². The highest BCUT2D eigenvalue weighted by molar-refractivity contribution is 6.34. The van der Waals surface area contributed by atoms with Crippen LogP contribution >= 0.6 is 11.6 Å². The summed E-state index contributed by atoms with van der Waals surface area (Å²) in [5, 5.41) is 8.87. The van der Waals surface area contributed by atoms with E-state index in [0.29, 0.717) is 48.0 Å². The summed E-state index contributed by atoms with van der Waals surface area (Å²) in [4.78, 5) is 41.9. The maximum atomic E-state index is 13.1. The Hall–Kier alpha value is -3.10. The van der Waals surface area contributed by atoms with Crippen LogP contribution in [-0.2, 0) is 6.54 Å². The fourth-order valence-electron chi connectivity index (χ4n) is 4.03. The van der Waals surface area contributed by atoms with Crippen molar-refractivity contribution in [2.45, 2.75) is 53.6 Å². The molecule has 9 heteroatoms. The Morgan fingerprint density at radius 2 is 1.58 bits per heavy atom. The minimum Gasteiger partial charge on any atom is -0.347 e. The molecule has 1 aliphatic rings. The summed E-state index contributed by atoms with van der Waals surface area (Å²) < 4.78 is 0. The second kappa shape index (κ2) is 12.2. The van der Waals surface area contributed by atoms with Crippen LogP contribution in [0.3, 0.4) is 0 Å². The molecule has 0 radical (unpaired) electrons. The smallest absolute Gasteiger partial charge is 0.319 e. The molecule has 0 aromatic heterocycles. The van der Waals surface area contributed by atoms with Crippen molar-refractivity contribution in [1.29, 1.82) is 0 Å². The van der Waals surface area contributed by atoms with Crippen LogP contribution in [0, 0.1) is 5.41 Å². The number of urea groups is 1. The number of nitrogens with zero attached hydrogens (tertiary/aromatic N) is 2. The van der Waals surface area contributed by atoms with Gasteiger partial charge < -0.3 is 20.9 Å². The molecule has 0 unspecified atom stereocenters. The molecule has 1 heterocycles. The Balaban J connectivity index is 1.53.